The van der Waals surface area contributed by atoms with E-state index in [0.29, 0.717) is 5.95 Å². The smallest absolute Gasteiger partial charge is 0.253 e. The number of nitrogens with two attached hydrogens (primary N) is 2. The minimum absolute atomic E-state index is 0.0312. The molecule has 0 spiro atoms. The van der Waals surface area contributed by atoms with Gasteiger partial charge in [0.1, 0.15) is 0 Å². The van der Waals surface area contributed by atoms with Gasteiger partial charge in [0, 0.05) is 5.39 Å². The summed E-state index contributed by atoms with van der Waals surface area (Å²) in [6, 6.07) is 6.20. The number of nitrogens with zero attached hydrogens (tertiary/aromatic N) is 3. The fraction of sp³-hybridized carbons (Fsp3) is 0.308. The molecule has 0 bridgehead atoms. The molecule has 0 amide bonds. The quantitative estimate of drug-likeness (QED) is 0.635. The van der Waals surface area contributed by atoms with Gasteiger partial charge in [-0.3, -0.25) is 0 Å². The van der Waals surface area contributed by atoms with E-state index in [-0.39, 0.29) is 5.96 Å². The molecule has 0 aliphatic heterocycles. The second-order valence-corrected chi connectivity index (χ2v) is 4.25. The van der Waals surface area contributed by atoms with E-state index in [1.807, 2.05) is 13.0 Å². The van der Waals surface area contributed by atoms with Crippen LogP contribution < -0.4 is 11.5 Å². The zero-order chi connectivity index (χ0) is 13.1. The van der Waals surface area contributed by atoms with Crippen LogP contribution in [0.4, 0.5) is 5.95 Å². The summed E-state index contributed by atoms with van der Waals surface area (Å²) in [5.41, 5.74) is 13.7. The van der Waals surface area contributed by atoms with E-state index in [4.69, 9.17) is 11.5 Å². The van der Waals surface area contributed by atoms with Crippen LogP contribution in [0.2, 0.25) is 0 Å². The first-order valence-electron chi connectivity index (χ1n) is 5.97. The Kier molecular flexibility index (Phi) is 3.41. The number of aliphatic imine (C=N–C) groups is 1. The molecule has 0 fully saturated rings. The van der Waals surface area contributed by atoms with Crippen molar-refractivity contribution in [3.05, 3.63) is 29.5 Å². The third-order valence-electron chi connectivity index (χ3n) is 2.71. The van der Waals surface area contributed by atoms with Gasteiger partial charge in [0.05, 0.1) is 11.2 Å². The van der Waals surface area contributed by atoms with Crippen molar-refractivity contribution in [1.29, 1.82) is 0 Å². The van der Waals surface area contributed by atoms with Crippen LogP contribution in [0.5, 0.6) is 0 Å². The summed E-state index contributed by atoms with van der Waals surface area (Å²) < 4.78 is 0. The molecule has 5 nitrogen and oxygen atoms in total. The van der Waals surface area contributed by atoms with Gasteiger partial charge in [-0.15, -0.1) is 0 Å². The van der Waals surface area contributed by atoms with Crippen LogP contribution in [0.1, 0.15) is 24.6 Å². The minimum Gasteiger partial charge on any atom is -0.370 e. The molecule has 94 valence electrons. The molecule has 18 heavy (non-hydrogen) atoms. The molecule has 0 aliphatic carbocycles. The third kappa shape index (κ3) is 2.56. The highest BCUT2D eigenvalue weighted by molar-refractivity contribution is 5.83. The lowest BCUT2D eigenvalue weighted by molar-refractivity contribution is 0.923. The third-order valence-corrected chi connectivity index (χ3v) is 2.71. The molecule has 2 rings (SSSR count). The number of aromatic nitrogens is 2. The largest absolute Gasteiger partial charge is 0.370 e. The van der Waals surface area contributed by atoms with Gasteiger partial charge in [-0.2, -0.15) is 4.99 Å². The Balaban J connectivity index is 2.55. The fourth-order valence-corrected chi connectivity index (χ4v) is 1.92. The van der Waals surface area contributed by atoms with Gasteiger partial charge in [-0.05, 0) is 31.0 Å². The molecule has 0 saturated heterocycles. The van der Waals surface area contributed by atoms with E-state index < -0.39 is 0 Å². The molecule has 1 aromatic carbocycles. The number of hydrogen-bond acceptors (Lipinski definition) is 3. The summed E-state index contributed by atoms with van der Waals surface area (Å²) in [4.78, 5) is 12.5. The van der Waals surface area contributed by atoms with Crippen molar-refractivity contribution in [1.82, 2.24) is 9.97 Å². The predicted molar refractivity (Wildman–Crippen MR) is 73.7 cm³/mol. The molecule has 0 radical (unpaired) electrons. The Morgan fingerprint density at radius 3 is 2.72 bits per heavy atom. The fourth-order valence-electron chi connectivity index (χ4n) is 1.92. The molecule has 0 aliphatic rings. The summed E-state index contributed by atoms with van der Waals surface area (Å²) in [6.07, 6.45) is 2.18. The zero-order valence-corrected chi connectivity index (χ0v) is 10.6. The monoisotopic (exact) mass is 243 g/mol. The Morgan fingerprint density at radius 2 is 2.06 bits per heavy atom. The highest BCUT2D eigenvalue weighted by Crippen LogP contribution is 2.20. The molecule has 0 unspecified atom stereocenters. The van der Waals surface area contributed by atoms with Gasteiger partial charge in [-0.25, -0.2) is 9.97 Å². The van der Waals surface area contributed by atoms with Crippen LogP contribution in [-0.2, 0) is 6.42 Å². The van der Waals surface area contributed by atoms with E-state index in [9.17, 15) is 0 Å². The number of fused-ring (bicyclic) bond motifs is 1. The molecule has 5 heteroatoms. The van der Waals surface area contributed by atoms with Gasteiger partial charge in [-0.1, -0.05) is 19.4 Å². The second kappa shape index (κ2) is 5.00. The van der Waals surface area contributed by atoms with E-state index >= 15 is 0 Å². The summed E-state index contributed by atoms with van der Waals surface area (Å²) in [5.74, 6) is 0.277. The SMILES string of the molecule is CCCc1ccc2nc(N=C(N)N)nc(C)c2c1. The maximum atomic E-state index is 5.33. The van der Waals surface area contributed by atoms with Crippen LogP contribution in [0.15, 0.2) is 23.2 Å². The number of guanidine groups is 1. The maximum absolute atomic E-state index is 5.33. The zero-order valence-electron chi connectivity index (χ0n) is 10.6. The molecule has 1 aromatic heterocycles. The van der Waals surface area contributed by atoms with Gasteiger partial charge in [0.25, 0.3) is 5.95 Å². The van der Waals surface area contributed by atoms with Crippen LogP contribution in [0.25, 0.3) is 10.9 Å². The molecule has 0 saturated carbocycles. The Hall–Kier alpha value is -2.17. The van der Waals surface area contributed by atoms with E-state index in [1.165, 1.54) is 5.56 Å². The standard InChI is InChI=1S/C13H17N5/c1-3-4-9-5-6-11-10(7-9)8(2)16-13(17-11)18-12(14)15/h5-7H,3-4H2,1-2H3,(H4,14,15,16,17,18). The maximum Gasteiger partial charge on any atom is 0.253 e. The molecule has 0 atom stereocenters. The van der Waals surface area contributed by atoms with Crippen molar-refractivity contribution in [3.63, 3.8) is 0 Å². The topological polar surface area (TPSA) is 90.2 Å². The number of hydrogen-bond donors (Lipinski definition) is 2. The summed E-state index contributed by atoms with van der Waals surface area (Å²) >= 11 is 0. The van der Waals surface area contributed by atoms with Gasteiger partial charge < -0.3 is 11.5 Å². The highest BCUT2D eigenvalue weighted by atomic mass is 15.1. The van der Waals surface area contributed by atoms with Crippen molar-refractivity contribution in [3.8, 4) is 0 Å². The molecule has 2 aromatic rings. The summed E-state index contributed by atoms with van der Waals surface area (Å²) in [7, 11) is 0. The summed E-state index contributed by atoms with van der Waals surface area (Å²) in [6.45, 7) is 4.10. The van der Waals surface area contributed by atoms with E-state index in [1.54, 1.807) is 0 Å². The van der Waals surface area contributed by atoms with Crippen LogP contribution >= 0.6 is 0 Å². The first-order chi connectivity index (χ1) is 8.60. The minimum atomic E-state index is -0.0312. The Bertz CT molecular complexity index is 600. The molecule has 1 heterocycles. The van der Waals surface area contributed by atoms with Crippen molar-refractivity contribution in [2.24, 2.45) is 16.5 Å². The molecular weight excluding hydrogens is 226 g/mol. The Labute approximate surface area is 106 Å². The Morgan fingerprint density at radius 1 is 1.28 bits per heavy atom. The normalized spacial score (nSPS) is 10.6. The lowest BCUT2D eigenvalue weighted by Gasteiger charge is -2.05. The molecular formula is C13H17N5. The number of aryl methyl sites for hydroxylation is 2. The first kappa shape index (κ1) is 12.3. The average Bonchev–Trinajstić information content (AvgIpc) is 2.29. The van der Waals surface area contributed by atoms with Crippen LogP contribution in [-0.4, -0.2) is 15.9 Å². The van der Waals surface area contributed by atoms with Gasteiger partial charge >= 0.3 is 0 Å². The van der Waals surface area contributed by atoms with Crippen molar-refractivity contribution in [2.75, 3.05) is 0 Å². The van der Waals surface area contributed by atoms with Crippen LogP contribution in [0.3, 0.4) is 0 Å². The van der Waals surface area contributed by atoms with E-state index in [0.717, 1.165) is 29.4 Å². The second-order valence-electron chi connectivity index (χ2n) is 4.25. The van der Waals surface area contributed by atoms with Crippen molar-refractivity contribution in [2.45, 2.75) is 26.7 Å². The lowest BCUT2D eigenvalue weighted by atomic mass is 10.1. The molecule has 4 N–H and O–H groups in total. The summed E-state index contributed by atoms with van der Waals surface area (Å²) in [5, 5.41) is 1.05. The number of rotatable bonds is 3. The number of benzene rings is 1. The average molecular weight is 243 g/mol. The van der Waals surface area contributed by atoms with E-state index in [2.05, 4.69) is 34.0 Å². The van der Waals surface area contributed by atoms with Crippen molar-refractivity contribution < 1.29 is 0 Å². The van der Waals surface area contributed by atoms with Gasteiger partial charge in [0.2, 0.25) is 0 Å². The lowest BCUT2D eigenvalue weighted by Crippen LogP contribution is -2.22. The first-order valence-corrected chi connectivity index (χ1v) is 5.97. The van der Waals surface area contributed by atoms with Crippen molar-refractivity contribution >= 4 is 22.8 Å². The predicted octanol–water partition coefficient (Wildman–Crippen LogP) is 1.80. The van der Waals surface area contributed by atoms with Gasteiger partial charge in [0.15, 0.2) is 5.96 Å². The highest BCUT2D eigenvalue weighted by Gasteiger charge is 2.05. The van der Waals surface area contributed by atoms with Crippen LogP contribution in [0, 0.1) is 6.92 Å².